The standard InChI is InChI=1S/C7H5BrF3NO2/c1-13-4-2-5(8)12-6(3-4)14-7(9,10)11/h2-3H,1H3. The van der Waals surface area contributed by atoms with Crippen LogP contribution in [0.4, 0.5) is 13.2 Å². The number of alkyl halides is 3. The van der Waals surface area contributed by atoms with Crippen LogP contribution in [-0.2, 0) is 0 Å². The highest BCUT2D eigenvalue weighted by atomic mass is 79.9. The molecule has 0 unspecified atom stereocenters. The number of nitrogens with zero attached hydrogens (tertiary/aromatic N) is 1. The third-order valence-electron chi connectivity index (χ3n) is 1.20. The van der Waals surface area contributed by atoms with Crippen molar-refractivity contribution in [1.29, 1.82) is 0 Å². The summed E-state index contributed by atoms with van der Waals surface area (Å²) >= 11 is 2.92. The summed E-state index contributed by atoms with van der Waals surface area (Å²) in [6.07, 6.45) is -4.75. The molecule has 1 rings (SSSR count). The van der Waals surface area contributed by atoms with Gasteiger partial charge in [-0.3, -0.25) is 0 Å². The van der Waals surface area contributed by atoms with E-state index >= 15 is 0 Å². The minimum absolute atomic E-state index is 0.205. The van der Waals surface area contributed by atoms with E-state index in [0.29, 0.717) is 0 Å². The Morgan fingerprint density at radius 1 is 1.36 bits per heavy atom. The molecule has 14 heavy (non-hydrogen) atoms. The number of methoxy groups -OCH3 is 1. The fraction of sp³-hybridized carbons (Fsp3) is 0.286. The van der Waals surface area contributed by atoms with Crippen LogP contribution in [0.3, 0.4) is 0 Å². The minimum atomic E-state index is -4.75. The molecule has 0 aliphatic carbocycles. The van der Waals surface area contributed by atoms with E-state index < -0.39 is 12.2 Å². The van der Waals surface area contributed by atoms with E-state index in [1.54, 1.807) is 0 Å². The molecule has 0 radical (unpaired) electrons. The third kappa shape index (κ3) is 3.41. The topological polar surface area (TPSA) is 31.4 Å². The zero-order valence-corrected chi connectivity index (χ0v) is 8.52. The number of hydrogen-bond donors (Lipinski definition) is 0. The van der Waals surface area contributed by atoms with Gasteiger partial charge in [-0.2, -0.15) is 0 Å². The number of ether oxygens (including phenoxy) is 2. The highest BCUT2D eigenvalue weighted by Gasteiger charge is 2.32. The second-order valence-corrected chi connectivity index (χ2v) is 3.03. The van der Waals surface area contributed by atoms with Crippen molar-refractivity contribution in [2.75, 3.05) is 7.11 Å². The molecule has 0 atom stereocenters. The van der Waals surface area contributed by atoms with Crippen molar-refractivity contribution in [2.24, 2.45) is 0 Å². The summed E-state index contributed by atoms with van der Waals surface area (Å²) in [6.45, 7) is 0. The van der Waals surface area contributed by atoms with Crippen LogP contribution >= 0.6 is 15.9 Å². The van der Waals surface area contributed by atoms with Gasteiger partial charge in [0.05, 0.1) is 7.11 Å². The first-order chi connectivity index (χ1) is 6.40. The van der Waals surface area contributed by atoms with Crippen LogP contribution in [0.5, 0.6) is 11.6 Å². The van der Waals surface area contributed by atoms with E-state index in [9.17, 15) is 13.2 Å². The molecule has 0 aromatic carbocycles. The average molecular weight is 272 g/mol. The second-order valence-electron chi connectivity index (χ2n) is 2.22. The Balaban J connectivity index is 2.92. The summed E-state index contributed by atoms with van der Waals surface area (Å²) < 4.78 is 43.9. The summed E-state index contributed by atoms with van der Waals surface area (Å²) in [5.41, 5.74) is 0. The SMILES string of the molecule is COc1cc(Br)nc(OC(F)(F)F)c1. The Morgan fingerprint density at radius 3 is 2.50 bits per heavy atom. The average Bonchev–Trinajstić information content (AvgIpc) is 1.99. The Kier molecular flexibility index (Phi) is 3.20. The lowest BCUT2D eigenvalue weighted by atomic mass is 10.4. The van der Waals surface area contributed by atoms with E-state index in [-0.39, 0.29) is 10.4 Å². The van der Waals surface area contributed by atoms with Gasteiger partial charge in [0, 0.05) is 12.1 Å². The molecule has 0 aliphatic rings. The van der Waals surface area contributed by atoms with Crippen LogP contribution < -0.4 is 9.47 Å². The van der Waals surface area contributed by atoms with E-state index in [1.807, 2.05) is 0 Å². The predicted molar refractivity (Wildman–Crippen MR) is 45.2 cm³/mol. The van der Waals surface area contributed by atoms with Crippen molar-refractivity contribution in [3.63, 3.8) is 0 Å². The first-order valence-electron chi connectivity index (χ1n) is 3.38. The highest BCUT2D eigenvalue weighted by Crippen LogP contribution is 2.26. The van der Waals surface area contributed by atoms with Gasteiger partial charge < -0.3 is 9.47 Å². The quantitative estimate of drug-likeness (QED) is 0.776. The van der Waals surface area contributed by atoms with Crippen LogP contribution in [0, 0.1) is 0 Å². The number of hydrogen-bond acceptors (Lipinski definition) is 3. The summed E-state index contributed by atoms with van der Waals surface area (Å²) in [6, 6.07) is 2.46. The summed E-state index contributed by atoms with van der Waals surface area (Å²) in [5.74, 6) is -0.338. The molecule has 1 heterocycles. The monoisotopic (exact) mass is 271 g/mol. The maximum atomic E-state index is 11.8. The van der Waals surface area contributed by atoms with Crippen molar-refractivity contribution < 1.29 is 22.6 Å². The summed E-state index contributed by atoms with van der Waals surface area (Å²) in [5, 5.41) is 0. The van der Waals surface area contributed by atoms with Crippen LogP contribution in [0.1, 0.15) is 0 Å². The van der Waals surface area contributed by atoms with Crippen molar-refractivity contribution in [1.82, 2.24) is 4.98 Å². The summed E-state index contributed by atoms with van der Waals surface area (Å²) in [7, 11) is 1.33. The predicted octanol–water partition coefficient (Wildman–Crippen LogP) is 2.75. The van der Waals surface area contributed by atoms with E-state index in [1.165, 1.54) is 13.2 Å². The fourth-order valence-corrected chi connectivity index (χ4v) is 1.14. The molecule has 0 bridgehead atoms. The largest absolute Gasteiger partial charge is 0.574 e. The van der Waals surface area contributed by atoms with Gasteiger partial charge in [-0.25, -0.2) is 4.98 Å². The zero-order chi connectivity index (χ0) is 10.8. The second kappa shape index (κ2) is 4.04. The Morgan fingerprint density at radius 2 is 2.00 bits per heavy atom. The molecule has 0 aliphatic heterocycles. The lowest BCUT2D eigenvalue weighted by Crippen LogP contribution is -2.17. The molecular weight excluding hydrogens is 267 g/mol. The van der Waals surface area contributed by atoms with Gasteiger partial charge in [0.15, 0.2) is 0 Å². The highest BCUT2D eigenvalue weighted by molar-refractivity contribution is 9.10. The van der Waals surface area contributed by atoms with Crippen molar-refractivity contribution in [3.8, 4) is 11.6 Å². The van der Waals surface area contributed by atoms with Gasteiger partial charge in [-0.05, 0) is 15.9 Å². The maximum Gasteiger partial charge on any atom is 0.574 e. The van der Waals surface area contributed by atoms with Gasteiger partial charge in [0.2, 0.25) is 5.88 Å². The van der Waals surface area contributed by atoms with Gasteiger partial charge in [0.25, 0.3) is 0 Å². The zero-order valence-electron chi connectivity index (χ0n) is 6.93. The molecule has 0 amide bonds. The molecule has 0 fully saturated rings. The van der Waals surface area contributed by atoms with Crippen LogP contribution in [-0.4, -0.2) is 18.5 Å². The number of rotatable bonds is 2. The number of aromatic nitrogens is 1. The van der Waals surface area contributed by atoms with Gasteiger partial charge in [-0.15, -0.1) is 13.2 Å². The van der Waals surface area contributed by atoms with E-state index in [2.05, 4.69) is 25.7 Å². The fourth-order valence-electron chi connectivity index (χ4n) is 0.739. The van der Waals surface area contributed by atoms with Gasteiger partial charge in [0.1, 0.15) is 10.4 Å². The number of halogens is 4. The summed E-state index contributed by atoms with van der Waals surface area (Å²) in [4.78, 5) is 3.46. The van der Waals surface area contributed by atoms with Crippen molar-refractivity contribution >= 4 is 15.9 Å². The smallest absolute Gasteiger partial charge is 0.496 e. The molecule has 0 saturated heterocycles. The molecule has 0 saturated carbocycles. The van der Waals surface area contributed by atoms with E-state index in [4.69, 9.17) is 4.74 Å². The number of pyridine rings is 1. The first-order valence-corrected chi connectivity index (χ1v) is 4.17. The van der Waals surface area contributed by atoms with Crippen LogP contribution in [0.15, 0.2) is 16.7 Å². The molecule has 0 N–H and O–H groups in total. The lowest BCUT2D eigenvalue weighted by molar-refractivity contribution is -0.276. The van der Waals surface area contributed by atoms with Crippen LogP contribution in [0.25, 0.3) is 0 Å². The molecule has 7 heteroatoms. The Bertz CT molecular complexity index is 329. The normalized spacial score (nSPS) is 11.2. The lowest BCUT2D eigenvalue weighted by Gasteiger charge is -2.09. The molecule has 1 aromatic rings. The molecular formula is C7H5BrF3NO2. The molecule has 3 nitrogen and oxygen atoms in total. The van der Waals surface area contributed by atoms with Gasteiger partial charge in [-0.1, -0.05) is 0 Å². The molecule has 1 aromatic heterocycles. The Labute approximate surface area is 86.0 Å². The van der Waals surface area contributed by atoms with Crippen LogP contribution in [0.2, 0.25) is 0 Å². The maximum absolute atomic E-state index is 11.8. The minimum Gasteiger partial charge on any atom is -0.496 e. The Hall–Kier alpha value is -0.980. The first kappa shape index (κ1) is 11.1. The van der Waals surface area contributed by atoms with E-state index in [0.717, 1.165) is 6.07 Å². The molecule has 78 valence electrons. The van der Waals surface area contributed by atoms with Crippen molar-refractivity contribution in [3.05, 3.63) is 16.7 Å². The van der Waals surface area contributed by atoms with Gasteiger partial charge >= 0.3 is 6.36 Å². The van der Waals surface area contributed by atoms with Crippen molar-refractivity contribution in [2.45, 2.75) is 6.36 Å². The third-order valence-corrected chi connectivity index (χ3v) is 1.61. The molecule has 0 spiro atoms.